The molecule has 3 rings (SSSR count). The molecule has 7 nitrogen and oxygen atoms in total. The van der Waals surface area contributed by atoms with Gasteiger partial charge in [0.25, 0.3) is 10.0 Å². The van der Waals surface area contributed by atoms with Crippen LogP contribution in [-0.4, -0.2) is 34.2 Å². The minimum Gasteiger partial charge on any atom is -0.494 e. The SMILES string of the molecule is CCOc1ccc(OCCOC(=O)c2cccc(NS(=O)(=O)c3ccccc3)c2)cc1. The van der Waals surface area contributed by atoms with Crippen LogP contribution in [0.4, 0.5) is 5.69 Å². The molecule has 0 saturated carbocycles. The van der Waals surface area contributed by atoms with Crippen molar-refractivity contribution in [3.05, 3.63) is 84.4 Å². The average molecular weight is 442 g/mol. The van der Waals surface area contributed by atoms with Gasteiger partial charge in [-0.3, -0.25) is 4.72 Å². The zero-order valence-corrected chi connectivity index (χ0v) is 17.8. The summed E-state index contributed by atoms with van der Waals surface area (Å²) in [5.41, 5.74) is 0.498. The van der Waals surface area contributed by atoms with Gasteiger partial charge in [0, 0.05) is 5.69 Å². The Morgan fingerprint density at radius 2 is 1.52 bits per heavy atom. The smallest absolute Gasteiger partial charge is 0.338 e. The van der Waals surface area contributed by atoms with Crippen LogP contribution in [-0.2, 0) is 14.8 Å². The number of anilines is 1. The molecule has 0 aromatic heterocycles. The van der Waals surface area contributed by atoms with Gasteiger partial charge in [-0.2, -0.15) is 0 Å². The van der Waals surface area contributed by atoms with Crippen molar-refractivity contribution >= 4 is 21.7 Å². The van der Waals surface area contributed by atoms with Crippen LogP contribution in [0.15, 0.2) is 83.8 Å². The normalized spacial score (nSPS) is 10.9. The third-order valence-electron chi connectivity index (χ3n) is 4.12. The number of nitrogens with one attached hydrogen (secondary N) is 1. The zero-order valence-electron chi connectivity index (χ0n) is 17.0. The van der Waals surface area contributed by atoms with Crippen LogP contribution in [0.5, 0.6) is 11.5 Å². The highest BCUT2D eigenvalue weighted by molar-refractivity contribution is 7.92. The zero-order chi connectivity index (χ0) is 22.1. The van der Waals surface area contributed by atoms with E-state index in [1.165, 1.54) is 18.2 Å². The summed E-state index contributed by atoms with van der Waals surface area (Å²) >= 11 is 0. The Morgan fingerprint density at radius 1 is 0.839 bits per heavy atom. The van der Waals surface area contributed by atoms with E-state index in [0.717, 1.165) is 5.75 Å². The molecule has 0 aliphatic heterocycles. The molecule has 0 amide bonds. The second kappa shape index (κ2) is 10.5. The second-order valence-corrected chi connectivity index (χ2v) is 8.07. The van der Waals surface area contributed by atoms with Crippen molar-refractivity contribution in [1.82, 2.24) is 0 Å². The Labute approximate surface area is 181 Å². The van der Waals surface area contributed by atoms with Crippen molar-refractivity contribution in [3.63, 3.8) is 0 Å². The molecule has 0 bridgehead atoms. The van der Waals surface area contributed by atoms with E-state index in [2.05, 4.69) is 4.72 Å². The molecule has 0 aliphatic rings. The summed E-state index contributed by atoms with van der Waals surface area (Å²) < 4.78 is 43.4. The summed E-state index contributed by atoms with van der Waals surface area (Å²) in [7, 11) is -3.75. The highest BCUT2D eigenvalue weighted by Gasteiger charge is 2.15. The molecular formula is C23H23NO6S. The Balaban J connectivity index is 1.52. The fourth-order valence-electron chi connectivity index (χ4n) is 2.70. The Kier molecular flexibility index (Phi) is 7.50. The molecule has 0 saturated heterocycles. The lowest BCUT2D eigenvalue weighted by molar-refractivity contribution is 0.0450. The van der Waals surface area contributed by atoms with Crippen LogP contribution < -0.4 is 14.2 Å². The monoisotopic (exact) mass is 441 g/mol. The van der Waals surface area contributed by atoms with E-state index in [-0.39, 0.29) is 29.4 Å². The van der Waals surface area contributed by atoms with Gasteiger partial charge in [-0.25, -0.2) is 13.2 Å². The third-order valence-corrected chi connectivity index (χ3v) is 5.52. The van der Waals surface area contributed by atoms with Crippen molar-refractivity contribution in [2.75, 3.05) is 24.5 Å². The first-order valence-corrected chi connectivity index (χ1v) is 11.2. The van der Waals surface area contributed by atoms with Crippen molar-refractivity contribution in [1.29, 1.82) is 0 Å². The first-order valence-electron chi connectivity index (χ1n) is 9.68. The van der Waals surface area contributed by atoms with Crippen LogP contribution in [0.25, 0.3) is 0 Å². The number of carbonyl (C=O) groups excluding carboxylic acids is 1. The van der Waals surface area contributed by atoms with Crippen LogP contribution >= 0.6 is 0 Å². The average Bonchev–Trinajstić information content (AvgIpc) is 2.78. The number of esters is 1. The van der Waals surface area contributed by atoms with E-state index >= 15 is 0 Å². The molecule has 1 N–H and O–H groups in total. The summed E-state index contributed by atoms with van der Waals surface area (Å²) in [6, 6.07) is 21.2. The maximum atomic E-state index is 12.4. The Bertz CT molecular complexity index is 1100. The van der Waals surface area contributed by atoms with Crippen molar-refractivity contribution in [3.8, 4) is 11.5 Å². The molecule has 0 spiro atoms. The van der Waals surface area contributed by atoms with E-state index in [1.807, 2.05) is 6.92 Å². The molecule has 0 unspecified atom stereocenters. The summed E-state index contributed by atoms with van der Waals surface area (Å²) in [6.45, 7) is 2.73. The van der Waals surface area contributed by atoms with Crippen molar-refractivity contribution in [2.24, 2.45) is 0 Å². The van der Waals surface area contributed by atoms with E-state index in [1.54, 1.807) is 60.7 Å². The Hall–Kier alpha value is -3.52. The number of ether oxygens (including phenoxy) is 3. The van der Waals surface area contributed by atoms with Gasteiger partial charge in [-0.15, -0.1) is 0 Å². The van der Waals surface area contributed by atoms with Crippen LogP contribution in [0.3, 0.4) is 0 Å². The number of hydrogen-bond donors (Lipinski definition) is 1. The molecule has 162 valence electrons. The van der Waals surface area contributed by atoms with Crippen LogP contribution in [0.2, 0.25) is 0 Å². The second-order valence-electron chi connectivity index (χ2n) is 6.39. The van der Waals surface area contributed by atoms with Gasteiger partial charge in [0.2, 0.25) is 0 Å². The highest BCUT2D eigenvalue weighted by Crippen LogP contribution is 2.19. The predicted molar refractivity (Wildman–Crippen MR) is 117 cm³/mol. The summed E-state index contributed by atoms with van der Waals surface area (Å²) in [5.74, 6) is 0.817. The molecule has 0 aliphatic carbocycles. The summed E-state index contributed by atoms with van der Waals surface area (Å²) in [5, 5.41) is 0. The molecule has 0 heterocycles. The standard InChI is InChI=1S/C23H23NO6S/c1-2-28-20-11-13-21(14-12-20)29-15-16-30-23(25)18-7-6-8-19(17-18)24-31(26,27)22-9-4-3-5-10-22/h3-14,17,24H,2,15-16H2,1H3. The number of rotatable bonds is 10. The third kappa shape index (κ3) is 6.48. The largest absolute Gasteiger partial charge is 0.494 e. The van der Waals surface area contributed by atoms with Gasteiger partial charge in [0.1, 0.15) is 24.7 Å². The summed E-state index contributed by atoms with van der Waals surface area (Å²) in [6.07, 6.45) is 0. The maximum Gasteiger partial charge on any atom is 0.338 e. The number of hydrogen-bond acceptors (Lipinski definition) is 6. The van der Waals surface area contributed by atoms with E-state index < -0.39 is 16.0 Å². The first kappa shape index (κ1) is 22.2. The van der Waals surface area contributed by atoms with Crippen LogP contribution in [0, 0.1) is 0 Å². The minimum absolute atomic E-state index is 0.0476. The molecule has 3 aromatic carbocycles. The number of benzene rings is 3. The topological polar surface area (TPSA) is 90.9 Å². The Morgan fingerprint density at radius 3 is 2.19 bits per heavy atom. The van der Waals surface area contributed by atoms with Gasteiger partial charge in [0.05, 0.1) is 17.1 Å². The van der Waals surface area contributed by atoms with E-state index in [4.69, 9.17) is 14.2 Å². The lowest BCUT2D eigenvalue weighted by Gasteiger charge is -2.10. The molecule has 0 atom stereocenters. The summed E-state index contributed by atoms with van der Waals surface area (Å²) in [4.78, 5) is 12.4. The molecule has 0 radical (unpaired) electrons. The van der Waals surface area contributed by atoms with Crippen molar-refractivity contribution < 1.29 is 27.4 Å². The lowest BCUT2D eigenvalue weighted by Crippen LogP contribution is -2.14. The predicted octanol–water partition coefficient (Wildman–Crippen LogP) is 4.12. The fraction of sp³-hybridized carbons (Fsp3) is 0.174. The highest BCUT2D eigenvalue weighted by atomic mass is 32.2. The van der Waals surface area contributed by atoms with E-state index in [0.29, 0.717) is 12.4 Å². The lowest BCUT2D eigenvalue weighted by atomic mass is 10.2. The molecule has 31 heavy (non-hydrogen) atoms. The van der Waals surface area contributed by atoms with E-state index in [9.17, 15) is 13.2 Å². The van der Waals surface area contributed by atoms with Gasteiger partial charge in [-0.05, 0) is 61.5 Å². The van der Waals surface area contributed by atoms with Gasteiger partial charge in [-0.1, -0.05) is 24.3 Å². The molecular weight excluding hydrogens is 418 g/mol. The van der Waals surface area contributed by atoms with Crippen molar-refractivity contribution in [2.45, 2.75) is 11.8 Å². The van der Waals surface area contributed by atoms with Crippen LogP contribution in [0.1, 0.15) is 17.3 Å². The molecule has 8 heteroatoms. The minimum atomic E-state index is -3.75. The maximum absolute atomic E-state index is 12.4. The first-order chi connectivity index (χ1) is 15.0. The molecule has 0 fully saturated rings. The quantitative estimate of drug-likeness (QED) is 0.376. The number of sulfonamides is 1. The van der Waals surface area contributed by atoms with Gasteiger partial charge >= 0.3 is 5.97 Å². The van der Waals surface area contributed by atoms with Gasteiger partial charge in [0.15, 0.2) is 0 Å². The fourth-order valence-corrected chi connectivity index (χ4v) is 3.77. The van der Waals surface area contributed by atoms with Gasteiger partial charge < -0.3 is 14.2 Å². The number of carbonyl (C=O) groups is 1. The molecule has 3 aromatic rings.